The second-order valence-electron chi connectivity index (χ2n) is 4.31. The summed E-state index contributed by atoms with van der Waals surface area (Å²) in [7, 11) is 0. The molecule has 0 aliphatic heterocycles. The van der Waals surface area contributed by atoms with Crippen LogP contribution in [-0.2, 0) is 6.42 Å². The molecule has 0 saturated heterocycles. The molecule has 98 valence electrons. The van der Waals surface area contributed by atoms with Gasteiger partial charge in [-0.25, -0.2) is 4.79 Å². The van der Waals surface area contributed by atoms with Gasteiger partial charge in [0, 0.05) is 17.7 Å². The smallest absolute Gasteiger partial charge is 0.341 e. The third-order valence-electron chi connectivity index (χ3n) is 2.96. The first-order valence-electron chi connectivity index (χ1n) is 5.79. The number of benzene rings is 1. The lowest BCUT2D eigenvalue weighted by Crippen LogP contribution is -2.24. The maximum atomic E-state index is 12.2. The number of anilines is 1. The first kappa shape index (κ1) is 12.9. The molecule has 0 bridgehead atoms. The van der Waals surface area contributed by atoms with Gasteiger partial charge in [0.25, 0.3) is 0 Å². The van der Waals surface area contributed by atoms with Crippen molar-refractivity contribution in [3.8, 4) is 0 Å². The number of hydrogen-bond acceptors (Lipinski definition) is 3. The lowest BCUT2D eigenvalue weighted by molar-refractivity contribution is 0.0694. The van der Waals surface area contributed by atoms with E-state index < -0.39 is 11.4 Å². The summed E-state index contributed by atoms with van der Waals surface area (Å²) in [6, 6.07) is 9.30. The van der Waals surface area contributed by atoms with Crippen LogP contribution in [0.1, 0.15) is 27.2 Å². The maximum absolute atomic E-state index is 12.2. The van der Waals surface area contributed by atoms with E-state index >= 15 is 0 Å². The van der Waals surface area contributed by atoms with Crippen molar-refractivity contribution in [3.05, 3.63) is 62.9 Å². The Morgan fingerprint density at radius 2 is 1.95 bits per heavy atom. The fourth-order valence-electron chi connectivity index (χ4n) is 2.02. The number of carboxylic acids is 1. The molecular weight excluding hydrogens is 244 g/mol. The van der Waals surface area contributed by atoms with Crippen molar-refractivity contribution in [2.45, 2.75) is 13.3 Å². The van der Waals surface area contributed by atoms with Crippen LogP contribution in [0.2, 0.25) is 0 Å². The van der Waals surface area contributed by atoms with Gasteiger partial charge in [-0.1, -0.05) is 30.3 Å². The molecule has 5 nitrogen and oxygen atoms in total. The number of carbonyl (C=O) groups is 1. The third kappa shape index (κ3) is 2.49. The first-order chi connectivity index (χ1) is 9.00. The highest BCUT2D eigenvalue weighted by atomic mass is 16.4. The Bertz CT molecular complexity index is 675. The van der Waals surface area contributed by atoms with Crippen LogP contribution in [-0.4, -0.2) is 16.1 Å². The van der Waals surface area contributed by atoms with E-state index in [2.05, 4.69) is 4.98 Å². The zero-order valence-corrected chi connectivity index (χ0v) is 10.4. The Morgan fingerprint density at radius 1 is 1.32 bits per heavy atom. The predicted molar refractivity (Wildman–Crippen MR) is 72.4 cm³/mol. The topological polar surface area (TPSA) is 96.2 Å². The number of aromatic carboxylic acids is 1. The van der Waals surface area contributed by atoms with E-state index in [1.165, 1.54) is 6.92 Å². The van der Waals surface area contributed by atoms with Crippen molar-refractivity contribution in [3.63, 3.8) is 0 Å². The molecular formula is C14H14N2O3. The highest BCUT2D eigenvalue weighted by molar-refractivity contribution is 5.89. The molecule has 0 aliphatic rings. The molecule has 5 heteroatoms. The Balaban J connectivity index is 2.55. The van der Waals surface area contributed by atoms with Crippen LogP contribution in [0.15, 0.2) is 35.1 Å². The number of nitrogens with two attached hydrogens (primary N) is 1. The number of aromatic nitrogens is 1. The van der Waals surface area contributed by atoms with Crippen molar-refractivity contribution in [1.29, 1.82) is 0 Å². The van der Waals surface area contributed by atoms with Crippen LogP contribution in [0.5, 0.6) is 0 Å². The van der Waals surface area contributed by atoms with E-state index in [0.29, 0.717) is 6.42 Å². The standard InChI is InChI=1S/C14H14N2O3/c1-8-11(14(18)19)12(17)10(13(15)16-8)7-9-5-3-2-4-6-9/h2-6H,7H2,1H3,(H,18,19)(H3,15,16,17). The van der Waals surface area contributed by atoms with E-state index in [0.717, 1.165) is 5.56 Å². The van der Waals surface area contributed by atoms with Gasteiger partial charge in [-0.15, -0.1) is 0 Å². The molecule has 0 atom stereocenters. The van der Waals surface area contributed by atoms with Crippen LogP contribution in [0.4, 0.5) is 5.82 Å². The Hall–Kier alpha value is -2.56. The van der Waals surface area contributed by atoms with E-state index in [-0.39, 0.29) is 22.6 Å². The van der Waals surface area contributed by atoms with Gasteiger partial charge in [-0.05, 0) is 12.5 Å². The Morgan fingerprint density at radius 3 is 2.53 bits per heavy atom. The van der Waals surface area contributed by atoms with E-state index in [1.807, 2.05) is 30.3 Å². The Kier molecular flexibility index (Phi) is 3.37. The van der Waals surface area contributed by atoms with E-state index in [4.69, 9.17) is 10.8 Å². The minimum Gasteiger partial charge on any atom is -0.477 e. The number of rotatable bonds is 3. The van der Waals surface area contributed by atoms with Gasteiger partial charge in [0.2, 0.25) is 5.43 Å². The summed E-state index contributed by atoms with van der Waals surface area (Å²) in [5.74, 6) is -1.02. The quantitative estimate of drug-likeness (QED) is 0.778. The van der Waals surface area contributed by atoms with Crippen molar-refractivity contribution < 1.29 is 9.90 Å². The molecule has 2 aromatic rings. The number of nitrogens with one attached hydrogen (secondary N) is 1. The minimum absolute atomic E-state index is 0.219. The molecule has 0 saturated carbocycles. The summed E-state index contributed by atoms with van der Waals surface area (Å²) in [6.07, 6.45) is 0.308. The third-order valence-corrected chi connectivity index (χ3v) is 2.96. The van der Waals surface area contributed by atoms with Gasteiger partial charge >= 0.3 is 5.97 Å². The van der Waals surface area contributed by atoms with Crippen LogP contribution in [0.25, 0.3) is 0 Å². The Labute approximate surface area is 109 Å². The minimum atomic E-state index is -1.24. The summed E-state index contributed by atoms with van der Waals surface area (Å²) in [6.45, 7) is 1.52. The molecule has 0 unspecified atom stereocenters. The number of nitrogen functional groups attached to an aromatic ring is 1. The number of carboxylic acid groups (broad SMARTS) is 1. The predicted octanol–water partition coefficient (Wildman–Crippen LogP) is 1.55. The maximum Gasteiger partial charge on any atom is 0.341 e. The SMILES string of the molecule is Cc1[nH]c(N)c(Cc2ccccc2)c(=O)c1C(=O)O. The van der Waals surface area contributed by atoms with E-state index in [1.54, 1.807) is 0 Å². The number of pyridine rings is 1. The molecule has 2 rings (SSSR count). The summed E-state index contributed by atoms with van der Waals surface area (Å²) in [4.78, 5) is 26.0. The molecule has 0 radical (unpaired) electrons. The molecule has 4 N–H and O–H groups in total. The van der Waals surface area contributed by atoms with Crippen molar-refractivity contribution in [2.75, 3.05) is 5.73 Å². The van der Waals surface area contributed by atoms with Crippen molar-refractivity contribution >= 4 is 11.8 Å². The van der Waals surface area contributed by atoms with Crippen LogP contribution < -0.4 is 11.2 Å². The highest BCUT2D eigenvalue weighted by Gasteiger charge is 2.18. The molecule has 1 aromatic carbocycles. The largest absolute Gasteiger partial charge is 0.477 e. The second kappa shape index (κ2) is 4.97. The molecule has 1 heterocycles. The van der Waals surface area contributed by atoms with Gasteiger partial charge in [-0.2, -0.15) is 0 Å². The summed E-state index contributed by atoms with van der Waals surface area (Å²) >= 11 is 0. The van der Waals surface area contributed by atoms with Crippen LogP contribution in [0.3, 0.4) is 0 Å². The monoisotopic (exact) mass is 258 g/mol. The number of hydrogen-bond donors (Lipinski definition) is 3. The fourth-order valence-corrected chi connectivity index (χ4v) is 2.02. The number of aromatic amines is 1. The average molecular weight is 258 g/mol. The zero-order chi connectivity index (χ0) is 14.0. The summed E-state index contributed by atoms with van der Waals surface area (Å²) in [5, 5.41) is 9.07. The molecule has 0 spiro atoms. The molecule has 1 aromatic heterocycles. The summed E-state index contributed by atoms with van der Waals surface area (Å²) in [5.41, 5.74) is 6.48. The summed E-state index contributed by atoms with van der Waals surface area (Å²) < 4.78 is 0. The number of H-pyrrole nitrogens is 1. The highest BCUT2D eigenvalue weighted by Crippen LogP contribution is 2.13. The lowest BCUT2D eigenvalue weighted by Gasteiger charge is -2.09. The molecule has 0 fully saturated rings. The molecule has 0 aliphatic carbocycles. The van der Waals surface area contributed by atoms with Gasteiger partial charge in [0.05, 0.1) is 0 Å². The van der Waals surface area contributed by atoms with Crippen molar-refractivity contribution in [2.24, 2.45) is 0 Å². The first-order valence-corrected chi connectivity index (χ1v) is 5.79. The second-order valence-corrected chi connectivity index (χ2v) is 4.31. The normalized spacial score (nSPS) is 10.4. The average Bonchev–Trinajstić information content (AvgIpc) is 2.35. The zero-order valence-electron chi connectivity index (χ0n) is 10.4. The van der Waals surface area contributed by atoms with Gasteiger partial charge in [-0.3, -0.25) is 4.79 Å². The molecule has 0 amide bonds. The van der Waals surface area contributed by atoms with Crippen LogP contribution >= 0.6 is 0 Å². The van der Waals surface area contributed by atoms with Gasteiger partial charge in [0.15, 0.2) is 0 Å². The van der Waals surface area contributed by atoms with E-state index in [9.17, 15) is 9.59 Å². The van der Waals surface area contributed by atoms with Crippen LogP contribution in [0, 0.1) is 6.92 Å². The fraction of sp³-hybridized carbons (Fsp3) is 0.143. The lowest BCUT2D eigenvalue weighted by atomic mass is 10.0. The van der Waals surface area contributed by atoms with Gasteiger partial charge < -0.3 is 15.8 Å². The van der Waals surface area contributed by atoms with Crippen molar-refractivity contribution in [1.82, 2.24) is 4.98 Å². The van der Waals surface area contributed by atoms with Gasteiger partial charge in [0.1, 0.15) is 11.4 Å². The molecule has 19 heavy (non-hydrogen) atoms. The number of aryl methyl sites for hydroxylation is 1.